The van der Waals surface area contributed by atoms with E-state index in [9.17, 15) is 19.8 Å². The predicted octanol–water partition coefficient (Wildman–Crippen LogP) is 4.25. The first-order chi connectivity index (χ1) is 14.3. The number of carbonyl (C=O) groups excluding carboxylic acids is 1. The molecule has 6 nitrogen and oxygen atoms in total. The summed E-state index contributed by atoms with van der Waals surface area (Å²) in [6.07, 6.45) is -1.82. The van der Waals surface area contributed by atoms with Gasteiger partial charge >= 0.3 is 5.97 Å². The van der Waals surface area contributed by atoms with Crippen LogP contribution >= 0.6 is 23.2 Å². The van der Waals surface area contributed by atoms with Crippen LogP contribution in [0.2, 0.25) is 10.0 Å². The number of aliphatic hydroxyl groups excluding tert-OH is 1. The number of hydrogen-bond acceptors (Lipinski definition) is 4. The molecule has 2 aromatic rings. The number of aliphatic carboxylic acids is 1. The molecule has 1 aliphatic heterocycles. The number of morpholine rings is 1. The number of ether oxygens (including phenoxy) is 1. The standard InChI is InChI=1S/C22H23Cl2NO5/c1-2-17(12-26)25-20(13-6-8-15(23)9-7-13)21(14-4-3-5-16(24)10-14)30-18(22(25)29)11-19(27)28/h3-10,17-18,20-21,26H,2,11-12H2,1H3,(H,27,28)/t17-,18-,20+,21-/m0/s1. The van der Waals surface area contributed by atoms with Gasteiger partial charge in [-0.05, 0) is 41.8 Å². The van der Waals surface area contributed by atoms with Crippen LogP contribution in [-0.2, 0) is 14.3 Å². The van der Waals surface area contributed by atoms with Crippen LogP contribution in [0.3, 0.4) is 0 Å². The van der Waals surface area contributed by atoms with Gasteiger partial charge in [-0.25, -0.2) is 0 Å². The monoisotopic (exact) mass is 451 g/mol. The molecule has 0 unspecified atom stereocenters. The molecule has 0 bridgehead atoms. The molecule has 1 heterocycles. The average molecular weight is 452 g/mol. The Morgan fingerprint density at radius 2 is 1.83 bits per heavy atom. The van der Waals surface area contributed by atoms with Crippen molar-refractivity contribution >= 4 is 35.1 Å². The van der Waals surface area contributed by atoms with E-state index in [2.05, 4.69) is 0 Å². The van der Waals surface area contributed by atoms with E-state index in [4.69, 9.17) is 27.9 Å². The molecular weight excluding hydrogens is 429 g/mol. The molecule has 3 rings (SSSR count). The number of carbonyl (C=O) groups is 2. The summed E-state index contributed by atoms with van der Waals surface area (Å²) in [6.45, 7) is 1.61. The number of carboxylic acids is 1. The van der Waals surface area contributed by atoms with Crippen molar-refractivity contribution in [2.24, 2.45) is 0 Å². The summed E-state index contributed by atoms with van der Waals surface area (Å²) in [5, 5.41) is 20.3. The first-order valence-corrected chi connectivity index (χ1v) is 10.4. The van der Waals surface area contributed by atoms with Crippen LogP contribution < -0.4 is 0 Å². The molecule has 8 heteroatoms. The Balaban J connectivity index is 2.16. The highest BCUT2D eigenvalue weighted by atomic mass is 35.5. The second-order valence-electron chi connectivity index (χ2n) is 7.18. The van der Waals surface area contributed by atoms with Crippen LogP contribution in [0.5, 0.6) is 0 Å². The number of amides is 1. The first kappa shape index (κ1) is 22.6. The fourth-order valence-corrected chi connectivity index (χ4v) is 4.14. The molecule has 4 atom stereocenters. The lowest BCUT2D eigenvalue weighted by Gasteiger charge is -2.47. The molecule has 2 N–H and O–H groups in total. The Bertz CT molecular complexity index is 901. The molecule has 2 aromatic carbocycles. The molecule has 0 aromatic heterocycles. The van der Waals surface area contributed by atoms with Gasteiger partial charge in [0.1, 0.15) is 12.2 Å². The number of aliphatic hydroxyl groups is 1. The van der Waals surface area contributed by atoms with Gasteiger partial charge in [-0.2, -0.15) is 0 Å². The molecule has 1 aliphatic rings. The number of benzene rings is 2. The largest absolute Gasteiger partial charge is 0.481 e. The van der Waals surface area contributed by atoms with Crippen LogP contribution in [0.4, 0.5) is 0 Å². The van der Waals surface area contributed by atoms with Crippen molar-refractivity contribution in [1.82, 2.24) is 4.90 Å². The molecule has 1 saturated heterocycles. The number of rotatable bonds is 7. The third kappa shape index (κ3) is 4.78. The van der Waals surface area contributed by atoms with E-state index in [1.807, 2.05) is 13.0 Å². The maximum Gasteiger partial charge on any atom is 0.306 e. The molecule has 0 aliphatic carbocycles. The van der Waals surface area contributed by atoms with Gasteiger partial charge in [0, 0.05) is 10.0 Å². The Labute approximate surface area is 185 Å². The summed E-state index contributed by atoms with van der Waals surface area (Å²) in [7, 11) is 0. The van der Waals surface area contributed by atoms with Crippen molar-refractivity contribution in [3.05, 3.63) is 69.7 Å². The highest BCUT2D eigenvalue weighted by molar-refractivity contribution is 6.30. The summed E-state index contributed by atoms with van der Waals surface area (Å²) in [5.41, 5.74) is 1.47. The van der Waals surface area contributed by atoms with E-state index >= 15 is 0 Å². The van der Waals surface area contributed by atoms with E-state index in [0.717, 1.165) is 5.56 Å². The second kappa shape index (κ2) is 9.79. The van der Waals surface area contributed by atoms with Gasteiger partial charge in [0.2, 0.25) is 0 Å². The fraction of sp³-hybridized carbons (Fsp3) is 0.364. The van der Waals surface area contributed by atoms with E-state index in [1.54, 1.807) is 47.4 Å². The highest BCUT2D eigenvalue weighted by Crippen LogP contribution is 2.44. The zero-order valence-corrected chi connectivity index (χ0v) is 17.9. The number of hydrogen-bond donors (Lipinski definition) is 2. The van der Waals surface area contributed by atoms with Gasteiger partial charge in [-0.15, -0.1) is 0 Å². The quantitative estimate of drug-likeness (QED) is 0.656. The Morgan fingerprint density at radius 3 is 2.40 bits per heavy atom. The van der Waals surface area contributed by atoms with Crippen molar-refractivity contribution in [3.63, 3.8) is 0 Å². The van der Waals surface area contributed by atoms with Gasteiger partial charge in [0.15, 0.2) is 0 Å². The minimum absolute atomic E-state index is 0.256. The van der Waals surface area contributed by atoms with Crippen molar-refractivity contribution in [3.8, 4) is 0 Å². The fourth-order valence-electron chi connectivity index (χ4n) is 3.81. The number of carboxylic acid groups (broad SMARTS) is 1. The highest BCUT2D eigenvalue weighted by Gasteiger charge is 2.46. The third-order valence-corrected chi connectivity index (χ3v) is 5.74. The molecule has 0 radical (unpaired) electrons. The second-order valence-corrected chi connectivity index (χ2v) is 8.06. The van der Waals surface area contributed by atoms with Gasteiger partial charge in [-0.1, -0.05) is 54.4 Å². The normalized spacial score (nSPS) is 22.7. The summed E-state index contributed by atoms with van der Waals surface area (Å²) in [6, 6.07) is 13.0. The molecule has 1 amide bonds. The summed E-state index contributed by atoms with van der Waals surface area (Å²) in [4.78, 5) is 26.2. The van der Waals surface area contributed by atoms with Crippen LogP contribution in [0.25, 0.3) is 0 Å². The van der Waals surface area contributed by atoms with Gasteiger partial charge < -0.3 is 19.8 Å². The van der Waals surface area contributed by atoms with E-state index in [1.165, 1.54) is 0 Å². The minimum atomic E-state index is -1.17. The molecule has 160 valence electrons. The molecule has 30 heavy (non-hydrogen) atoms. The maximum atomic E-state index is 13.3. The maximum absolute atomic E-state index is 13.3. The minimum Gasteiger partial charge on any atom is -0.481 e. The van der Waals surface area contributed by atoms with E-state index in [-0.39, 0.29) is 6.61 Å². The van der Waals surface area contributed by atoms with Crippen molar-refractivity contribution in [2.45, 2.75) is 44.1 Å². The van der Waals surface area contributed by atoms with Crippen LogP contribution in [0.1, 0.15) is 43.0 Å². The Hall–Kier alpha value is -2.12. The molecule has 0 saturated carbocycles. The lowest BCUT2D eigenvalue weighted by Crippen LogP contribution is -2.56. The Kier molecular flexibility index (Phi) is 7.36. The zero-order valence-electron chi connectivity index (χ0n) is 16.4. The van der Waals surface area contributed by atoms with Crippen LogP contribution in [-0.4, -0.2) is 45.7 Å². The third-order valence-electron chi connectivity index (χ3n) is 5.25. The topological polar surface area (TPSA) is 87.1 Å². The van der Waals surface area contributed by atoms with Crippen LogP contribution in [0, 0.1) is 0 Å². The van der Waals surface area contributed by atoms with Gasteiger partial charge in [0.25, 0.3) is 5.91 Å². The smallest absolute Gasteiger partial charge is 0.306 e. The summed E-state index contributed by atoms with van der Waals surface area (Å²) < 4.78 is 6.07. The Morgan fingerprint density at radius 1 is 1.13 bits per heavy atom. The first-order valence-electron chi connectivity index (χ1n) is 9.66. The molecule has 1 fully saturated rings. The van der Waals surface area contributed by atoms with Crippen molar-refractivity contribution in [2.75, 3.05) is 6.61 Å². The number of nitrogens with zero attached hydrogens (tertiary/aromatic N) is 1. The van der Waals surface area contributed by atoms with Crippen molar-refractivity contribution in [1.29, 1.82) is 0 Å². The average Bonchev–Trinajstić information content (AvgIpc) is 2.71. The molecular formula is C22H23Cl2NO5. The van der Waals surface area contributed by atoms with Gasteiger partial charge in [-0.3, -0.25) is 9.59 Å². The zero-order chi connectivity index (χ0) is 21.8. The lowest BCUT2D eigenvalue weighted by molar-refractivity contribution is -0.184. The van der Waals surface area contributed by atoms with Gasteiger partial charge in [0.05, 0.1) is 25.1 Å². The predicted molar refractivity (Wildman–Crippen MR) is 114 cm³/mol. The van der Waals surface area contributed by atoms with E-state index in [0.29, 0.717) is 22.0 Å². The SMILES string of the molecule is CC[C@@H](CO)N1C(=O)[C@H](CC(=O)O)O[C@@H](c2cccc(Cl)c2)[C@H]1c1ccc(Cl)cc1. The summed E-state index contributed by atoms with van der Waals surface area (Å²) in [5.74, 6) is -1.60. The lowest BCUT2D eigenvalue weighted by atomic mass is 9.89. The summed E-state index contributed by atoms with van der Waals surface area (Å²) >= 11 is 12.2. The van der Waals surface area contributed by atoms with Crippen LogP contribution in [0.15, 0.2) is 48.5 Å². The number of halogens is 2. The molecule has 0 spiro atoms. The van der Waals surface area contributed by atoms with E-state index < -0.39 is 42.6 Å². The van der Waals surface area contributed by atoms with Crippen molar-refractivity contribution < 1.29 is 24.5 Å².